The van der Waals surface area contributed by atoms with Gasteiger partial charge in [-0.3, -0.25) is 9.40 Å². The van der Waals surface area contributed by atoms with Crippen molar-refractivity contribution in [3.8, 4) is 28.3 Å². The average Bonchev–Trinajstić information content (AvgIpc) is 3.39. The number of ether oxygens (including phenoxy) is 1. The summed E-state index contributed by atoms with van der Waals surface area (Å²) in [5.74, 6) is -0.730. The monoisotopic (exact) mass is 576 g/mol. The number of rotatable bonds is 10. The van der Waals surface area contributed by atoms with Crippen LogP contribution in [0.25, 0.3) is 22.5 Å². The summed E-state index contributed by atoms with van der Waals surface area (Å²) in [6, 6.07) is 18.1. The molecule has 0 bridgehead atoms. The van der Waals surface area contributed by atoms with Gasteiger partial charge in [0.25, 0.3) is 10.0 Å². The molecule has 2 N–H and O–H groups in total. The second kappa shape index (κ2) is 11.7. The van der Waals surface area contributed by atoms with E-state index in [1.54, 1.807) is 42.3 Å². The number of nitrogens with zero attached hydrogens (tertiary/aromatic N) is 4. The fraction of sp³-hybridized carbons (Fsp3) is 0.138. The second-order valence-electron chi connectivity index (χ2n) is 8.99. The maximum Gasteiger partial charge on any atom is 0.264 e. The fourth-order valence-corrected chi connectivity index (χ4v) is 5.34. The highest BCUT2D eigenvalue weighted by Gasteiger charge is 2.21. The van der Waals surface area contributed by atoms with Crippen LogP contribution in [0.1, 0.15) is 12.5 Å². The number of sulfonamides is 1. The van der Waals surface area contributed by atoms with Crippen LogP contribution in [-0.2, 0) is 16.6 Å². The molecule has 0 saturated carbocycles. The average molecular weight is 577 g/mol. The molecule has 41 heavy (non-hydrogen) atoms. The summed E-state index contributed by atoms with van der Waals surface area (Å²) in [6.45, 7) is 3.03. The smallest absolute Gasteiger partial charge is 0.264 e. The summed E-state index contributed by atoms with van der Waals surface area (Å²) < 4.78 is 63.1. The summed E-state index contributed by atoms with van der Waals surface area (Å²) in [7, 11) is -2.81. The largest absolute Gasteiger partial charge is 0.497 e. The van der Waals surface area contributed by atoms with Crippen molar-refractivity contribution in [2.45, 2.75) is 18.4 Å². The Labute approximate surface area is 235 Å². The normalized spacial score (nSPS) is 11.3. The third-order valence-corrected chi connectivity index (χ3v) is 7.50. The predicted molar refractivity (Wildman–Crippen MR) is 152 cm³/mol. The molecule has 0 fully saturated rings. The van der Waals surface area contributed by atoms with E-state index in [0.717, 1.165) is 23.4 Å². The second-order valence-corrected chi connectivity index (χ2v) is 10.6. The van der Waals surface area contributed by atoms with Crippen LogP contribution in [-0.4, -0.2) is 41.8 Å². The van der Waals surface area contributed by atoms with Crippen molar-refractivity contribution in [2.24, 2.45) is 0 Å². The highest BCUT2D eigenvalue weighted by atomic mass is 32.2. The molecule has 0 radical (unpaired) electrons. The van der Waals surface area contributed by atoms with Crippen molar-refractivity contribution < 1.29 is 21.9 Å². The van der Waals surface area contributed by atoms with Gasteiger partial charge in [-0.25, -0.2) is 27.2 Å². The third kappa shape index (κ3) is 6.33. The minimum absolute atomic E-state index is 0.151. The van der Waals surface area contributed by atoms with Crippen LogP contribution < -0.4 is 14.8 Å². The van der Waals surface area contributed by atoms with Gasteiger partial charge in [0.1, 0.15) is 28.0 Å². The van der Waals surface area contributed by atoms with Gasteiger partial charge in [-0.15, -0.1) is 0 Å². The highest BCUT2D eigenvalue weighted by Crippen LogP contribution is 2.32. The zero-order chi connectivity index (χ0) is 29.0. The topological polar surface area (TPSA) is 111 Å². The van der Waals surface area contributed by atoms with Crippen LogP contribution in [0.3, 0.4) is 0 Å². The Morgan fingerprint density at radius 2 is 1.80 bits per heavy atom. The molecular formula is C29H26F2N6O3S. The third-order valence-electron chi connectivity index (χ3n) is 6.10. The quantitative estimate of drug-likeness (QED) is 0.223. The maximum atomic E-state index is 14.2. The van der Waals surface area contributed by atoms with Gasteiger partial charge in [-0.05, 0) is 61.0 Å². The molecule has 0 aliphatic carbocycles. The van der Waals surface area contributed by atoms with Crippen molar-refractivity contribution in [3.05, 3.63) is 102 Å². The van der Waals surface area contributed by atoms with Gasteiger partial charge in [0.05, 0.1) is 19.3 Å². The van der Waals surface area contributed by atoms with Crippen LogP contribution in [0.15, 0.2) is 90.1 Å². The number of halogens is 2. The van der Waals surface area contributed by atoms with Gasteiger partial charge in [0.2, 0.25) is 5.95 Å². The Kier molecular flexibility index (Phi) is 7.92. The van der Waals surface area contributed by atoms with Crippen LogP contribution in [0.5, 0.6) is 5.75 Å². The lowest BCUT2D eigenvalue weighted by molar-refractivity contribution is 0.414. The van der Waals surface area contributed by atoms with Gasteiger partial charge in [-0.2, -0.15) is 5.10 Å². The van der Waals surface area contributed by atoms with E-state index in [1.807, 2.05) is 37.4 Å². The molecule has 0 saturated heterocycles. The van der Waals surface area contributed by atoms with E-state index in [0.29, 0.717) is 47.6 Å². The first-order chi connectivity index (χ1) is 19.8. The summed E-state index contributed by atoms with van der Waals surface area (Å²) in [5, 5.41) is 7.91. The van der Waals surface area contributed by atoms with Crippen molar-refractivity contribution >= 4 is 21.7 Å². The molecule has 9 nitrogen and oxygen atoms in total. The van der Waals surface area contributed by atoms with Crippen molar-refractivity contribution in [1.29, 1.82) is 0 Å². The Morgan fingerprint density at radius 1 is 1.00 bits per heavy atom. The summed E-state index contributed by atoms with van der Waals surface area (Å²) in [5.41, 5.74) is 3.56. The lowest BCUT2D eigenvalue weighted by Gasteiger charge is -2.11. The van der Waals surface area contributed by atoms with Gasteiger partial charge < -0.3 is 10.1 Å². The van der Waals surface area contributed by atoms with Crippen LogP contribution in [0.4, 0.5) is 20.4 Å². The lowest BCUT2D eigenvalue weighted by Crippen LogP contribution is -2.15. The number of hydrogen-bond acceptors (Lipinski definition) is 7. The molecular weight excluding hydrogens is 550 g/mol. The summed E-state index contributed by atoms with van der Waals surface area (Å²) in [4.78, 5) is 8.08. The number of methoxy groups -OCH3 is 1. The minimum atomic E-state index is -4.41. The fourth-order valence-electron chi connectivity index (χ4n) is 4.20. The maximum absolute atomic E-state index is 14.2. The first-order valence-electron chi connectivity index (χ1n) is 12.6. The van der Waals surface area contributed by atoms with Crippen LogP contribution in [0.2, 0.25) is 0 Å². The zero-order valence-electron chi connectivity index (χ0n) is 22.2. The predicted octanol–water partition coefficient (Wildman–Crippen LogP) is 5.57. The zero-order valence-corrected chi connectivity index (χ0v) is 23.0. The van der Waals surface area contributed by atoms with E-state index < -0.39 is 26.6 Å². The Bertz CT molecular complexity index is 1790. The Balaban J connectivity index is 1.54. The standard InChI is InChI=1S/C29H26F2N6O3S/c1-3-32-29-33-14-13-26(34-29)24-18-37(17-19-7-10-23(40-2)11-8-19)35-28(24)20-5-4-6-22(15-20)36-41(38,39)27-16-21(30)9-12-25(27)31/h4-16,18,36H,3,17H2,1-2H3,(H,32,33,34). The SMILES string of the molecule is CCNc1nccc(-c2cn(Cc3ccc(OC)cc3)nc2-c2cccc(NS(=O)(=O)c3cc(F)ccc3F)c2)n1. The molecule has 0 aliphatic heterocycles. The van der Waals surface area contributed by atoms with Gasteiger partial charge in [-0.1, -0.05) is 24.3 Å². The Morgan fingerprint density at radius 3 is 2.56 bits per heavy atom. The first kappa shape index (κ1) is 27.7. The molecule has 0 aliphatic rings. The van der Waals surface area contributed by atoms with Crippen LogP contribution >= 0.6 is 0 Å². The molecule has 0 amide bonds. The van der Waals surface area contributed by atoms with Crippen molar-refractivity contribution in [1.82, 2.24) is 19.7 Å². The van der Waals surface area contributed by atoms with Gasteiger partial charge in [0.15, 0.2) is 0 Å². The molecule has 2 heterocycles. The van der Waals surface area contributed by atoms with E-state index in [2.05, 4.69) is 20.0 Å². The van der Waals surface area contributed by atoms with Crippen LogP contribution in [0, 0.1) is 11.6 Å². The molecule has 5 aromatic rings. The molecule has 0 unspecified atom stereocenters. The number of hydrogen-bond donors (Lipinski definition) is 2. The van der Waals surface area contributed by atoms with Gasteiger partial charge in [0, 0.05) is 35.8 Å². The number of nitrogens with one attached hydrogen (secondary N) is 2. The Hall–Kier alpha value is -4.84. The molecule has 0 atom stereocenters. The number of benzene rings is 3. The molecule has 210 valence electrons. The molecule has 3 aromatic carbocycles. The lowest BCUT2D eigenvalue weighted by atomic mass is 10.1. The van der Waals surface area contributed by atoms with E-state index in [-0.39, 0.29) is 5.69 Å². The molecule has 12 heteroatoms. The summed E-state index contributed by atoms with van der Waals surface area (Å²) >= 11 is 0. The molecule has 0 spiro atoms. The van der Waals surface area contributed by atoms with E-state index in [1.165, 1.54) is 6.07 Å². The number of aromatic nitrogens is 4. The van der Waals surface area contributed by atoms with Crippen molar-refractivity contribution in [2.75, 3.05) is 23.7 Å². The molecule has 5 rings (SSSR count). The number of anilines is 2. The highest BCUT2D eigenvalue weighted by molar-refractivity contribution is 7.92. The van der Waals surface area contributed by atoms with Gasteiger partial charge >= 0.3 is 0 Å². The van der Waals surface area contributed by atoms with E-state index in [9.17, 15) is 17.2 Å². The van der Waals surface area contributed by atoms with E-state index >= 15 is 0 Å². The minimum Gasteiger partial charge on any atom is -0.497 e. The molecule has 2 aromatic heterocycles. The first-order valence-corrected chi connectivity index (χ1v) is 14.1. The van der Waals surface area contributed by atoms with E-state index in [4.69, 9.17) is 9.84 Å². The summed E-state index contributed by atoms with van der Waals surface area (Å²) in [6.07, 6.45) is 3.50. The van der Waals surface area contributed by atoms with Crippen molar-refractivity contribution in [3.63, 3.8) is 0 Å².